The molecular formula is C27H35NO4. The Hall–Kier alpha value is -2.53. The summed E-state index contributed by atoms with van der Waals surface area (Å²) >= 11 is 0. The molecule has 1 aliphatic carbocycles. The van der Waals surface area contributed by atoms with Gasteiger partial charge in [0.1, 0.15) is 0 Å². The van der Waals surface area contributed by atoms with Crippen LogP contribution in [0.1, 0.15) is 55.7 Å². The number of fused-ring (bicyclic) bond motifs is 2. The van der Waals surface area contributed by atoms with E-state index >= 15 is 0 Å². The minimum absolute atomic E-state index is 0.207. The van der Waals surface area contributed by atoms with E-state index in [1.165, 1.54) is 16.7 Å². The summed E-state index contributed by atoms with van der Waals surface area (Å²) in [5.41, 5.74) is 3.77. The van der Waals surface area contributed by atoms with Gasteiger partial charge in [0.05, 0.1) is 6.42 Å². The van der Waals surface area contributed by atoms with Gasteiger partial charge in [-0.05, 0) is 85.3 Å². The van der Waals surface area contributed by atoms with Gasteiger partial charge in [0.15, 0.2) is 11.5 Å². The SMILES string of the molecule is CC(C)C1c2ccccc2CCC1(CCN(C)CCc1ccc2c(c1)OCO2)CC(=O)O. The van der Waals surface area contributed by atoms with Gasteiger partial charge in [-0.15, -0.1) is 0 Å². The maximum Gasteiger partial charge on any atom is 0.303 e. The molecule has 2 aliphatic rings. The van der Waals surface area contributed by atoms with Crippen LogP contribution in [0.5, 0.6) is 11.5 Å². The Morgan fingerprint density at radius 3 is 2.72 bits per heavy atom. The number of aliphatic carboxylic acids is 1. The summed E-state index contributed by atoms with van der Waals surface area (Å²) in [4.78, 5) is 14.3. The van der Waals surface area contributed by atoms with Gasteiger partial charge in [0, 0.05) is 6.54 Å². The normalized spacial score (nSPS) is 21.7. The molecule has 0 radical (unpaired) electrons. The minimum atomic E-state index is -0.682. The number of rotatable bonds is 9. The molecule has 5 heteroatoms. The lowest BCUT2D eigenvalue weighted by Gasteiger charge is -2.47. The largest absolute Gasteiger partial charge is 0.481 e. The van der Waals surface area contributed by atoms with Crippen molar-refractivity contribution in [2.75, 3.05) is 26.9 Å². The van der Waals surface area contributed by atoms with Crippen molar-refractivity contribution in [3.63, 3.8) is 0 Å². The molecule has 32 heavy (non-hydrogen) atoms. The first-order valence-corrected chi connectivity index (χ1v) is 11.7. The molecule has 0 spiro atoms. The lowest BCUT2D eigenvalue weighted by atomic mass is 9.57. The van der Waals surface area contributed by atoms with Crippen LogP contribution in [-0.2, 0) is 17.6 Å². The summed E-state index contributed by atoms with van der Waals surface area (Å²) in [6.45, 7) is 6.60. The second kappa shape index (κ2) is 9.53. The molecule has 0 saturated heterocycles. The third kappa shape index (κ3) is 4.78. The minimum Gasteiger partial charge on any atom is -0.481 e. The van der Waals surface area contributed by atoms with Gasteiger partial charge in [0.2, 0.25) is 6.79 Å². The third-order valence-electron chi connectivity index (χ3n) is 7.32. The molecule has 2 aromatic rings. The maximum absolute atomic E-state index is 12.0. The summed E-state index contributed by atoms with van der Waals surface area (Å²) < 4.78 is 10.9. The Labute approximate surface area is 191 Å². The maximum atomic E-state index is 12.0. The van der Waals surface area contributed by atoms with E-state index in [0.717, 1.165) is 50.3 Å². The quantitative estimate of drug-likeness (QED) is 0.590. The van der Waals surface area contributed by atoms with Crippen molar-refractivity contribution in [1.29, 1.82) is 0 Å². The van der Waals surface area contributed by atoms with Crippen molar-refractivity contribution in [2.45, 2.75) is 51.9 Å². The smallest absolute Gasteiger partial charge is 0.303 e. The lowest BCUT2D eigenvalue weighted by Crippen LogP contribution is -2.41. The zero-order valence-corrected chi connectivity index (χ0v) is 19.5. The predicted octanol–water partition coefficient (Wildman–Crippen LogP) is 5.13. The molecule has 0 amide bonds. The number of nitrogens with zero attached hydrogens (tertiary/aromatic N) is 1. The van der Waals surface area contributed by atoms with Gasteiger partial charge in [0.25, 0.3) is 0 Å². The van der Waals surface area contributed by atoms with E-state index in [1.807, 2.05) is 6.07 Å². The zero-order valence-electron chi connectivity index (χ0n) is 19.5. The first-order chi connectivity index (χ1) is 15.4. The molecule has 1 N–H and O–H groups in total. The van der Waals surface area contributed by atoms with Crippen LogP contribution in [0.25, 0.3) is 0 Å². The van der Waals surface area contributed by atoms with Crippen LogP contribution in [0.3, 0.4) is 0 Å². The van der Waals surface area contributed by atoms with Gasteiger partial charge < -0.3 is 19.5 Å². The van der Waals surface area contributed by atoms with Crippen molar-refractivity contribution in [2.24, 2.45) is 11.3 Å². The molecule has 5 nitrogen and oxygen atoms in total. The fraction of sp³-hybridized carbons (Fsp3) is 0.519. The third-order valence-corrected chi connectivity index (χ3v) is 7.32. The van der Waals surface area contributed by atoms with Crippen molar-refractivity contribution in [3.8, 4) is 11.5 Å². The molecule has 0 fully saturated rings. The highest BCUT2D eigenvalue weighted by Crippen LogP contribution is 2.53. The van der Waals surface area contributed by atoms with Crippen LogP contribution < -0.4 is 9.47 Å². The Bertz CT molecular complexity index is 956. The first kappa shape index (κ1) is 22.7. The highest BCUT2D eigenvalue weighted by Gasteiger charge is 2.45. The summed E-state index contributed by atoms with van der Waals surface area (Å²) in [6, 6.07) is 14.8. The van der Waals surface area contributed by atoms with Gasteiger partial charge >= 0.3 is 5.97 Å². The van der Waals surface area contributed by atoms with Crippen molar-refractivity contribution >= 4 is 5.97 Å². The summed E-state index contributed by atoms with van der Waals surface area (Å²) in [5, 5.41) is 9.84. The molecule has 0 bridgehead atoms. The Morgan fingerprint density at radius 1 is 1.16 bits per heavy atom. The van der Waals surface area contributed by atoms with E-state index in [1.54, 1.807) is 0 Å². The summed E-state index contributed by atoms with van der Waals surface area (Å²) in [5.74, 6) is 1.62. The number of benzene rings is 2. The molecule has 4 rings (SSSR count). The van der Waals surface area contributed by atoms with Crippen molar-refractivity contribution in [3.05, 3.63) is 59.2 Å². The molecule has 172 valence electrons. The average molecular weight is 438 g/mol. The van der Waals surface area contributed by atoms with E-state index in [9.17, 15) is 9.90 Å². The van der Waals surface area contributed by atoms with Crippen LogP contribution in [-0.4, -0.2) is 42.9 Å². The average Bonchev–Trinajstić information content (AvgIpc) is 3.23. The summed E-state index contributed by atoms with van der Waals surface area (Å²) in [6.07, 6.45) is 3.96. The van der Waals surface area contributed by atoms with Crippen LogP contribution in [0.15, 0.2) is 42.5 Å². The number of likely N-dealkylation sites (N-methyl/N-ethyl adjacent to an activating group) is 1. The molecular weight excluding hydrogens is 402 g/mol. The van der Waals surface area contributed by atoms with Gasteiger partial charge in [-0.25, -0.2) is 0 Å². The number of ether oxygens (including phenoxy) is 2. The Kier molecular flexibility index (Phi) is 6.75. The monoisotopic (exact) mass is 437 g/mol. The number of carbonyl (C=O) groups is 1. The van der Waals surface area contributed by atoms with E-state index in [4.69, 9.17) is 9.47 Å². The number of carboxylic acids is 1. The van der Waals surface area contributed by atoms with Crippen LogP contribution in [0.2, 0.25) is 0 Å². The Morgan fingerprint density at radius 2 is 1.94 bits per heavy atom. The number of hydrogen-bond donors (Lipinski definition) is 1. The standard InChI is InChI=1S/C27H35NO4/c1-19(2)26-22-7-5-4-6-21(22)10-12-27(26,17-25(29)30)13-15-28(3)14-11-20-8-9-23-24(16-20)32-18-31-23/h4-9,16,19,26H,10-15,17-18H2,1-3H3,(H,29,30). The fourth-order valence-corrected chi connectivity index (χ4v) is 5.81. The molecule has 1 heterocycles. The molecule has 1 aliphatic heterocycles. The van der Waals surface area contributed by atoms with Gasteiger partial charge in [-0.3, -0.25) is 4.79 Å². The highest BCUT2D eigenvalue weighted by atomic mass is 16.7. The van der Waals surface area contributed by atoms with Gasteiger partial charge in [-0.2, -0.15) is 0 Å². The molecule has 2 aromatic carbocycles. The predicted molar refractivity (Wildman–Crippen MR) is 125 cm³/mol. The Balaban J connectivity index is 1.45. The summed E-state index contributed by atoms with van der Waals surface area (Å²) in [7, 11) is 2.14. The highest BCUT2D eigenvalue weighted by molar-refractivity contribution is 5.68. The second-order valence-electron chi connectivity index (χ2n) is 9.84. The van der Waals surface area contributed by atoms with Gasteiger partial charge in [-0.1, -0.05) is 44.2 Å². The molecule has 0 saturated carbocycles. The number of aryl methyl sites for hydroxylation is 1. The van der Waals surface area contributed by atoms with Crippen LogP contribution >= 0.6 is 0 Å². The lowest BCUT2D eigenvalue weighted by molar-refractivity contribution is -0.141. The number of carboxylic acid groups (broad SMARTS) is 1. The van der Waals surface area contributed by atoms with E-state index < -0.39 is 5.97 Å². The topological polar surface area (TPSA) is 59.0 Å². The van der Waals surface area contributed by atoms with Crippen molar-refractivity contribution < 1.29 is 19.4 Å². The van der Waals surface area contributed by atoms with Crippen LogP contribution in [0, 0.1) is 11.3 Å². The van der Waals surface area contributed by atoms with Crippen LogP contribution in [0.4, 0.5) is 0 Å². The fourth-order valence-electron chi connectivity index (χ4n) is 5.81. The van der Waals surface area contributed by atoms with E-state index in [0.29, 0.717) is 12.7 Å². The van der Waals surface area contributed by atoms with E-state index in [-0.39, 0.29) is 17.8 Å². The second-order valence-corrected chi connectivity index (χ2v) is 9.84. The van der Waals surface area contributed by atoms with E-state index in [2.05, 4.69) is 62.2 Å². The molecule has 2 unspecified atom stereocenters. The number of hydrogen-bond acceptors (Lipinski definition) is 4. The first-order valence-electron chi connectivity index (χ1n) is 11.7. The molecule has 2 atom stereocenters. The zero-order chi connectivity index (χ0) is 22.7. The van der Waals surface area contributed by atoms with Crippen molar-refractivity contribution in [1.82, 2.24) is 4.90 Å². The molecule has 0 aromatic heterocycles.